The predicted octanol–water partition coefficient (Wildman–Crippen LogP) is 5.52. The second kappa shape index (κ2) is 11.1. The van der Waals surface area contributed by atoms with Crippen LogP contribution in [0.15, 0.2) is 30.3 Å². The highest BCUT2D eigenvalue weighted by Crippen LogP contribution is 2.43. The number of carbonyl (C=O) groups excluding carboxylic acids is 1. The summed E-state index contributed by atoms with van der Waals surface area (Å²) in [6.45, 7) is -1.85. The molecule has 0 aromatic heterocycles. The molecule has 0 fully saturated rings. The second-order valence-electron chi connectivity index (χ2n) is 7.33. The molecule has 2 aromatic carbocycles. The fraction of sp³-hybridized carbons (Fsp3) is 0.350. The van der Waals surface area contributed by atoms with E-state index in [1.165, 1.54) is 6.26 Å². The number of benzene rings is 2. The lowest BCUT2D eigenvalue weighted by molar-refractivity contribution is -0.260. The minimum atomic E-state index is -5.28. The smallest absolute Gasteiger partial charge is 0.381 e. The highest BCUT2D eigenvalue weighted by atomic mass is 35.5. The van der Waals surface area contributed by atoms with Crippen molar-refractivity contribution in [3.8, 4) is 0 Å². The van der Waals surface area contributed by atoms with Crippen LogP contribution in [0.5, 0.6) is 0 Å². The van der Waals surface area contributed by atoms with Crippen LogP contribution in [0.3, 0.4) is 0 Å². The molecular weight excluding hydrogens is 569 g/mol. The molecule has 35 heavy (non-hydrogen) atoms. The monoisotopic (exact) mass is 584 g/mol. The van der Waals surface area contributed by atoms with Crippen molar-refractivity contribution in [2.45, 2.75) is 24.5 Å². The van der Waals surface area contributed by atoms with Crippen LogP contribution >= 0.6 is 34.8 Å². The van der Waals surface area contributed by atoms with E-state index in [0.29, 0.717) is 6.07 Å². The summed E-state index contributed by atoms with van der Waals surface area (Å²) in [5.74, 6) is -1.15. The molecule has 0 aliphatic rings. The van der Waals surface area contributed by atoms with E-state index in [4.69, 9.17) is 34.8 Å². The Balaban J connectivity index is 2.35. The van der Waals surface area contributed by atoms with E-state index < -0.39 is 70.3 Å². The zero-order chi connectivity index (χ0) is 26.8. The fourth-order valence-corrected chi connectivity index (χ4v) is 3.99. The molecule has 2 aromatic rings. The van der Waals surface area contributed by atoms with Gasteiger partial charge < -0.3 is 15.7 Å². The van der Waals surface area contributed by atoms with E-state index in [1.807, 2.05) is 0 Å². The van der Waals surface area contributed by atoms with E-state index in [2.05, 4.69) is 10.6 Å². The van der Waals surface area contributed by atoms with Crippen LogP contribution in [0, 0.1) is 0 Å². The summed E-state index contributed by atoms with van der Waals surface area (Å²) >= 11 is 17.3. The van der Waals surface area contributed by atoms with Gasteiger partial charge in [-0.05, 0) is 35.4 Å². The molecule has 0 bridgehead atoms. The Hall–Kier alpha value is -1.73. The van der Waals surface area contributed by atoms with E-state index in [0.717, 1.165) is 24.3 Å². The molecule has 0 saturated carbocycles. The van der Waals surface area contributed by atoms with E-state index >= 15 is 0 Å². The minimum absolute atomic E-state index is 0.239. The number of hydrogen-bond donors (Lipinski definition) is 3. The van der Waals surface area contributed by atoms with Crippen molar-refractivity contribution in [3.63, 3.8) is 0 Å². The molecule has 2 rings (SSSR count). The van der Waals surface area contributed by atoms with Gasteiger partial charge in [-0.25, -0.2) is 0 Å². The number of rotatable bonds is 8. The molecule has 0 unspecified atom stereocenters. The lowest BCUT2D eigenvalue weighted by Crippen LogP contribution is -2.47. The highest BCUT2D eigenvalue weighted by Gasteiger charge is 2.55. The zero-order valence-corrected chi connectivity index (χ0v) is 20.7. The molecule has 194 valence electrons. The van der Waals surface area contributed by atoms with Crippen LogP contribution in [0.2, 0.25) is 15.1 Å². The van der Waals surface area contributed by atoms with E-state index in [-0.39, 0.29) is 20.6 Å². The summed E-state index contributed by atoms with van der Waals surface area (Å²) in [6.07, 6.45) is -8.95. The summed E-state index contributed by atoms with van der Waals surface area (Å²) in [5, 5.41) is 13.9. The van der Waals surface area contributed by atoms with Gasteiger partial charge >= 0.3 is 12.4 Å². The van der Waals surface area contributed by atoms with Gasteiger partial charge in [0.25, 0.3) is 0 Å². The first-order valence-electron chi connectivity index (χ1n) is 9.40. The number of aliphatic hydroxyl groups is 1. The van der Waals surface area contributed by atoms with Crippen LogP contribution in [-0.4, -0.2) is 40.0 Å². The second-order valence-corrected chi connectivity index (χ2v) is 9.96. The van der Waals surface area contributed by atoms with E-state index in [1.54, 1.807) is 0 Å². The third-order valence-electron chi connectivity index (χ3n) is 4.70. The van der Waals surface area contributed by atoms with Crippen molar-refractivity contribution >= 4 is 57.2 Å². The first-order chi connectivity index (χ1) is 16.0. The molecule has 0 radical (unpaired) electrons. The van der Waals surface area contributed by atoms with Crippen LogP contribution < -0.4 is 10.6 Å². The Morgan fingerprint density at radius 2 is 1.60 bits per heavy atom. The van der Waals surface area contributed by atoms with Crippen molar-refractivity contribution in [1.29, 1.82) is 0 Å². The lowest BCUT2D eigenvalue weighted by atomic mass is 9.92. The van der Waals surface area contributed by atoms with Crippen molar-refractivity contribution in [1.82, 2.24) is 5.32 Å². The van der Waals surface area contributed by atoms with Gasteiger partial charge in [0.05, 0.1) is 27.2 Å². The van der Waals surface area contributed by atoms with Crippen LogP contribution in [-0.2, 0) is 33.9 Å². The third kappa shape index (κ3) is 7.39. The Kier molecular flexibility index (Phi) is 9.37. The van der Waals surface area contributed by atoms with Crippen molar-refractivity contribution in [2.24, 2.45) is 0 Å². The van der Waals surface area contributed by atoms with Crippen LogP contribution in [0.1, 0.15) is 16.7 Å². The average Bonchev–Trinajstić information content (AvgIpc) is 2.72. The third-order valence-corrected chi connectivity index (χ3v) is 6.57. The first kappa shape index (κ1) is 29.5. The van der Waals surface area contributed by atoms with Gasteiger partial charge in [-0.15, -0.1) is 0 Å². The van der Waals surface area contributed by atoms with Gasteiger partial charge in [-0.1, -0.05) is 40.9 Å². The molecule has 5 nitrogen and oxygen atoms in total. The number of amides is 1. The summed E-state index contributed by atoms with van der Waals surface area (Å²) < 4.78 is 93.1. The maximum atomic E-state index is 13.8. The van der Waals surface area contributed by atoms with Gasteiger partial charge in [-0.3, -0.25) is 9.00 Å². The molecule has 2 atom stereocenters. The first-order valence-corrected chi connectivity index (χ1v) is 12.3. The molecule has 1 amide bonds. The SMILES string of the molecule is C[S@](=O)CC(=O)NCc1ccc(NC[C@@](O)(c2cc(Cl)c(Cl)c(Cl)c2)C(F)(F)F)cc1C(F)(F)F. The largest absolute Gasteiger partial charge is 0.423 e. The normalized spacial score (nSPS) is 14.8. The van der Waals surface area contributed by atoms with Gasteiger partial charge in [0, 0.05) is 29.3 Å². The summed E-state index contributed by atoms with van der Waals surface area (Å²) in [5.41, 5.74) is -6.36. The van der Waals surface area contributed by atoms with Crippen molar-refractivity contribution < 1.29 is 40.5 Å². The topological polar surface area (TPSA) is 78.4 Å². The Bertz CT molecular complexity index is 1110. The number of carbonyl (C=O) groups is 1. The number of hydrogen-bond acceptors (Lipinski definition) is 4. The maximum absolute atomic E-state index is 13.8. The molecular formula is C20H17Cl3F6N2O3S. The Morgan fingerprint density at radius 3 is 2.09 bits per heavy atom. The van der Waals surface area contributed by atoms with Crippen molar-refractivity contribution in [3.05, 3.63) is 62.1 Å². The Morgan fingerprint density at radius 1 is 1.03 bits per heavy atom. The molecule has 3 N–H and O–H groups in total. The van der Waals surface area contributed by atoms with E-state index in [9.17, 15) is 40.5 Å². The highest BCUT2D eigenvalue weighted by molar-refractivity contribution is 7.85. The quantitative estimate of drug-likeness (QED) is 0.282. The average molecular weight is 586 g/mol. The molecule has 0 aliphatic heterocycles. The molecule has 0 aliphatic carbocycles. The zero-order valence-electron chi connectivity index (χ0n) is 17.6. The summed E-state index contributed by atoms with van der Waals surface area (Å²) in [6, 6.07) is 4.05. The van der Waals surface area contributed by atoms with Gasteiger partial charge in [-0.2, -0.15) is 26.3 Å². The van der Waals surface area contributed by atoms with Gasteiger partial charge in [0.15, 0.2) is 0 Å². The Labute approximate surface area is 213 Å². The lowest BCUT2D eigenvalue weighted by Gasteiger charge is -2.32. The van der Waals surface area contributed by atoms with Crippen LogP contribution in [0.25, 0.3) is 0 Å². The fourth-order valence-electron chi connectivity index (χ4n) is 2.92. The molecule has 0 saturated heterocycles. The molecule has 0 heterocycles. The predicted molar refractivity (Wildman–Crippen MR) is 122 cm³/mol. The number of nitrogens with one attached hydrogen (secondary N) is 2. The van der Waals surface area contributed by atoms with Gasteiger partial charge in [0.2, 0.25) is 11.5 Å². The number of halogens is 9. The van der Waals surface area contributed by atoms with Crippen molar-refractivity contribution in [2.75, 3.05) is 23.9 Å². The molecule has 15 heteroatoms. The maximum Gasteiger partial charge on any atom is 0.423 e. The van der Waals surface area contributed by atoms with Gasteiger partial charge in [0.1, 0.15) is 5.75 Å². The minimum Gasteiger partial charge on any atom is -0.381 e. The summed E-state index contributed by atoms with van der Waals surface area (Å²) in [7, 11) is -1.50. The standard InChI is InChI=1S/C20H17Cl3F6N2O3S/c1-35(34)8-16(32)30-7-10-2-3-12(6-13(10)19(24,25)26)31-9-18(33,20(27,28)29)11-4-14(21)17(23)15(22)5-11/h2-6,31,33H,7-9H2,1H3,(H,30,32)/t18-,35+/m1/s1. The van der Waals surface area contributed by atoms with Crippen LogP contribution in [0.4, 0.5) is 32.0 Å². The summed E-state index contributed by atoms with van der Waals surface area (Å²) in [4.78, 5) is 11.6. The number of anilines is 1. The number of alkyl halides is 6. The molecule has 0 spiro atoms.